The first-order chi connectivity index (χ1) is 19.1. The highest BCUT2D eigenvalue weighted by Gasteiger charge is 2.41. The first kappa shape index (κ1) is 31.4. The van der Waals surface area contributed by atoms with Gasteiger partial charge in [0.2, 0.25) is 18.0 Å². The molecule has 0 aromatic heterocycles. The maximum absolute atomic E-state index is 13.5. The van der Waals surface area contributed by atoms with Crippen molar-refractivity contribution in [2.75, 3.05) is 19.1 Å². The van der Waals surface area contributed by atoms with E-state index in [1.54, 1.807) is 48.5 Å². The summed E-state index contributed by atoms with van der Waals surface area (Å²) >= 11 is 0. The number of carbonyl (C=O) groups is 3. The number of nitrogens with zero attached hydrogens (tertiary/aromatic N) is 2. The minimum atomic E-state index is -4.78. The number of alkyl halides is 6. The van der Waals surface area contributed by atoms with Crippen molar-refractivity contribution in [3.63, 3.8) is 0 Å². The van der Waals surface area contributed by atoms with Gasteiger partial charge in [-0.1, -0.05) is 30.3 Å². The van der Waals surface area contributed by atoms with Crippen LogP contribution in [-0.2, 0) is 14.4 Å². The Morgan fingerprint density at radius 3 is 2.12 bits per heavy atom. The second kappa shape index (κ2) is 12.6. The molecule has 0 saturated heterocycles. The standard InChI is InChI=1S/C27H28F6N4O4/c1-37-20-14-16(41-2)8-9-19(20)21(15-6-4-3-5-7-15)35-23(25(37)40)36-24(39)18(11-13-27(31,32)33)17(22(34)38)10-12-26(28,29)30/h3-9,14,17-18,23H,10-13H2,1-2H3,(H2,34,38)(H,36,39)/t17-,18+,23?/m0/s1. The van der Waals surface area contributed by atoms with Crippen molar-refractivity contribution in [3.05, 3.63) is 59.7 Å². The quantitative estimate of drug-likeness (QED) is 0.403. The van der Waals surface area contributed by atoms with Gasteiger partial charge in [-0.05, 0) is 25.0 Å². The zero-order valence-electron chi connectivity index (χ0n) is 22.1. The lowest BCUT2D eigenvalue weighted by molar-refractivity contribution is -0.152. The summed E-state index contributed by atoms with van der Waals surface area (Å²) in [5.74, 6) is -6.80. The van der Waals surface area contributed by atoms with Crippen molar-refractivity contribution < 1.29 is 45.5 Å². The number of fused-ring (bicyclic) bond motifs is 1. The molecule has 0 aliphatic carbocycles. The predicted octanol–water partition coefficient (Wildman–Crippen LogP) is 4.35. The number of halogens is 6. The van der Waals surface area contributed by atoms with E-state index < -0.39 is 73.8 Å². The van der Waals surface area contributed by atoms with E-state index in [1.165, 1.54) is 19.1 Å². The number of carbonyl (C=O) groups excluding carboxylic acids is 3. The van der Waals surface area contributed by atoms with Gasteiger partial charge in [-0.3, -0.25) is 14.4 Å². The van der Waals surface area contributed by atoms with E-state index >= 15 is 0 Å². The number of nitrogens with two attached hydrogens (primary N) is 1. The van der Waals surface area contributed by atoms with Gasteiger partial charge in [0.15, 0.2) is 0 Å². The molecule has 0 saturated carbocycles. The summed E-state index contributed by atoms with van der Waals surface area (Å²) in [6.07, 6.45) is -16.4. The van der Waals surface area contributed by atoms with Crippen molar-refractivity contribution >= 4 is 29.1 Å². The zero-order valence-corrected chi connectivity index (χ0v) is 22.1. The first-order valence-corrected chi connectivity index (χ1v) is 12.4. The maximum atomic E-state index is 13.5. The van der Waals surface area contributed by atoms with Crippen LogP contribution in [0.15, 0.2) is 53.5 Å². The number of benzene rings is 2. The molecule has 2 aromatic carbocycles. The number of likely N-dealkylation sites (N-methyl/N-ethyl adjacent to an activating group) is 1. The zero-order chi connectivity index (χ0) is 30.5. The molecule has 14 heteroatoms. The molecule has 3 rings (SSSR count). The lowest BCUT2D eigenvalue weighted by Crippen LogP contribution is -2.50. The molecule has 1 unspecified atom stereocenters. The van der Waals surface area contributed by atoms with E-state index in [-0.39, 0.29) is 5.71 Å². The van der Waals surface area contributed by atoms with Crippen molar-refractivity contribution in [2.24, 2.45) is 22.6 Å². The highest BCUT2D eigenvalue weighted by Crippen LogP contribution is 2.34. The van der Waals surface area contributed by atoms with Crippen LogP contribution in [0.3, 0.4) is 0 Å². The average Bonchev–Trinajstić information content (AvgIpc) is 2.99. The fraction of sp³-hybridized carbons (Fsp3) is 0.407. The van der Waals surface area contributed by atoms with Crippen LogP contribution in [0, 0.1) is 11.8 Å². The third-order valence-electron chi connectivity index (χ3n) is 6.64. The van der Waals surface area contributed by atoms with Gasteiger partial charge in [-0.15, -0.1) is 0 Å². The van der Waals surface area contributed by atoms with Crippen molar-refractivity contribution in [3.8, 4) is 5.75 Å². The van der Waals surface area contributed by atoms with Crippen molar-refractivity contribution in [1.82, 2.24) is 5.32 Å². The summed E-state index contributed by atoms with van der Waals surface area (Å²) in [5, 5.41) is 2.27. The van der Waals surface area contributed by atoms with Crippen LogP contribution in [0.4, 0.5) is 32.0 Å². The maximum Gasteiger partial charge on any atom is 0.389 e. The number of aliphatic imine (C=N–C) groups is 1. The van der Waals surface area contributed by atoms with Gasteiger partial charge >= 0.3 is 12.4 Å². The van der Waals surface area contributed by atoms with Gasteiger partial charge in [-0.2, -0.15) is 26.3 Å². The molecule has 3 N–H and O–H groups in total. The summed E-state index contributed by atoms with van der Waals surface area (Å²) in [6, 6.07) is 13.3. The number of hydrogen-bond acceptors (Lipinski definition) is 5. The van der Waals surface area contributed by atoms with Crippen LogP contribution < -0.4 is 20.7 Å². The number of benzodiazepines with no additional fused rings is 1. The molecule has 41 heavy (non-hydrogen) atoms. The normalized spacial score (nSPS) is 17.2. The number of hydrogen-bond donors (Lipinski definition) is 2. The first-order valence-electron chi connectivity index (χ1n) is 12.4. The molecular formula is C27H28F6N4O4. The van der Waals surface area contributed by atoms with Crippen LogP contribution in [0.2, 0.25) is 0 Å². The van der Waals surface area contributed by atoms with E-state index in [0.717, 1.165) is 0 Å². The monoisotopic (exact) mass is 586 g/mol. The van der Waals surface area contributed by atoms with E-state index in [4.69, 9.17) is 10.5 Å². The van der Waals surface area contributed by atoms with Gasteiger partial charge in [0.05, 0.1) is 18.5 Å². The Kier molecular flexibility index (Phi) is 9.66. The third-order valence-corrected chi connectivity index (χ3v) is 6.64. The van der Waals surface area contributed by atoms with E-state index in [2.05, 4.69) is 10.3 Å². The molecule has 222 valence electrons. The molecule has 0 radical (unpaired) electrons. The lowest BCUT2D eigenvalue weighted by atomic mass is 9.83. The molecule has 3 amide bonds. The number of nitrogens with one attached hydrogen (secondary N) is 1. The number of primary amides is 1. The van der Waals surface area contributed by atoms with Gasteiger partial charge in [-0.25, -0.2) is 4.99 Å². The molecule has 8 nitrogen and oxygen atoms in total. The molecule has 1 aliphatic rings. The van der Waals surface area contributed by atoms with Crippen LogP contribution in [0.5, 0.6) is 5.75 Å². The molecule has 1 heterocycles. The minimum Gasteiger partial charge on any atom is -0.497 e. The Morgan fingerprint density at radius 1 is 1.00 bits per heavy atom. The molecule has 0 fully saturated rings. The largest absolute Gasteiger partial charge is 0.497 e. The topological polar surface area (TPSA) is 114 Å². The van der Waals surface area contributed by atoms with Crippen LogP contribution in [0.25, 0.3) is 0 Å². The number of anilines is 1. The van der Waals surface area contributed by atoms with Crippen molar-refractivity contribution in [2.45, 2.75) is 44.2 Å². The van der Waals surface area contributed by atoms with Crippen molar-refractivity contribution in [1.29, 1.82) is 0 Å². The Balaban J connectivity index is 2.04. The van der Waals surface area contributed by atoms with Crippen LogP contribution >= 0.6 is 0 Å². The number of methoxy groups -OCH3 is 1. The second-order valence-corrected chi connectivity index (χ2v) is 9.46. The van der Waals surface area contributed by atoms with E-state index in [9.17, 15) is 40.7 Å². The molecule has 3 atom stereocenters. The summed E-state index contributed by atoms with van der Waals surface area (Å²) in [7, 11) is 2.81. The number of ether oxygens (including phenoxy) is 1. The Morgan fingerprint density at radius 2 is 1.59 bits per heavy atom. The highest BCUT2D eigenvalue weighted by molar-refractivity contribution is 6.20. The smallest absolute Gasteiger partial charge is 0.389 e. The summed E-state index contributed by atoms with van der Waals surface area (Å²) < 4.78 is 83.2. The predicted molar refractivity (Wildman–Crippen MR) is 137 cm³/mol. The Hall–Kier alpha value is -4.10. The minimum absolute atomic E-state index is 0.251. The fourth-order valence-electron chi connectivity index (χ4n) is 4.53. The Bertz CT molecular complexity index is 1300. The third kappa shape index (κ3) is 8.21. The average molecular weight is 587 g/mol. The highest BCUT2D eigenvalue weighted by atomic mass is 19.4. The van der Waals surface area contributed by atoms with E-state index in [0.29, 0.717) is 22.6 Å². The fourth-order valence-corrected chi connectivity index (χ4v) is 4.53. The number of rotatable bonds is 10. The molecular weight excluding hydrogens is 558 g/mol. The van der Waals surface area contributed by atoms with E-state index in [1.807, 2.05) is 0 Å². The summed E-state index contributed by atoms with van der Waals surface area (Å²) in [5.41, 5.74) is 6.86. The molecule has 0 spiro atoms. The summed E-state index contributed by atoms with van der Waals surface area (Å²) in [4.78, 5) is 44.5. The molecule has 0 bridgehead atoms. The van der Waals surface area contributed by atoms with Gasteiger partial charge in [0, 0.05) is 48.9 Å². The second-order valence-electron chi connectivity index (χ2n) is 9.46. The van der Waals surface area contributed by atoms with Gasteiger partial charge < -0.3 is 20.7 Å². The van der Waals surface area contributed by atoms with Crippen LogP contribution in [-0.4, -0.2) is 56.1 Å². The summed E-state index contributed by atoms with van der Waals surface area (Å²) in [6.45, 7) is 0. The van der Waals surface area contributed by atoms with Gasteiger partial charge in [0.25, 0.3) is 5.91 Å². The van der Waals surface area contributed by atoms with Crippen LogP contribution in [0.1, 0.15) is 36.8 Å². The SMILES string of the molecule is COc1ccc2c(c1)N(C)C(=O)C(NC(=O)[C@H](CCC(F)(F)F)[C@H](CCC(F)(F)F)C(N)=O)N=C2c1ccccc1. The lowest BCUT2D eigenvalue weighted by Gasteiger charge is -2.27. The Labute approximate surface area is 231 Å². The molecule has 1 aliphatic heterocycles. The van der Waals surface area contributed by atoms with Gasteiger partial charge in [0.1, 0.15) is 5.75 Å². The number of amides is 3. The molecule has 2 aromatic rings.